The minimum atomic E-state index is -1.16. The molecule has 2 saturated heterocycles. The van der Waals surface area contributed by atoms with E-state index in [9.17, 15) is 24.3 Å². The monoisotopic (exact) mass is 487 g/mol. The van der Waals surface area contributed by atoms with Gasteiger partial charge in [-0.1, -0.05) is 63.4 Å². The molecule has 0 aromatic heterocycles. The second-order valence-electron chi connectivity index (χ2n) is 9.36. The fraction of sp³-hybridized carbons (Fsp3) is 0.600. The van der Waals surface area contributed by atoms with Crippen LogP contribution in [0.5, 0.6) is 0 Å². The summed E-state index contributed by atoms with van der Waals surface area (Å²) in [5, 5.41) is 15.4. The summed E-state index contributed by atoms with van der Waals surface area (Å²) in [6.07, 6.45) is 2.69. The van der Waals surface area contributed by atoms with Gasteiger partial charge in [0.25, 0.3) is 0 Å². The summed E-state index contributed by atoms with van der Waals surface area (Å²) in [7, 11) is 1.65. The molecule has 1 aromatic carbocycles. The van der Waals surface area contributed by atoms with Gasteiger partial charge in [-0.05, 0) is 17.9 Å². The maximum Gasteiger partial charge on any atom is 0.334 e. The molecule has 2 N–H and O–H groups in total. The number of nitrogens with one attached hydrogen (secondary N) is 1. The molecule has 1 aromatic rings. The number of hydrazine groups is 1. The summed E-state index contributed by atoms with van der Waals surface area (Å²) in [5.74, 6) is -1.61. The Bertz CT molecular complexity index is 911. The Morgan fingerprint density at radius 2 is 1.89 bits per heavy atom. The van der Waals surface area contributed by atoms with Crippen molar-refractivity contribution in [2.75, 3.05) is 26.7 Å². The van der Waals surface area contributed by atoms with Gasteiger partial charge in [-0.2, -0.15) is 0 Å². The van der Waals surface area contributed by atoms with Crippen LogP contribution in [0.3, 0.4) is 0 Å². The largest absolute Gasteiger partial charge is 0.481 e. The summed E-state index contributed by atoms with van der Waals surface area (Å²) in [6.45, 7) is 5.01. The first-order valence-electron chi connectivity index (χ1n) is 12.4. The second-order valence-corrected chi connectivity index (χ2v) is 9.36. The van der Waals surface area contributed by atoms with Crippen molar-refractivity contribution in [1.82, 2.24) is 25.1 Å². The lowest BCUT2D eigenvalue weighted by Crippen LogP contribution is -2.76. The van der Waals surface area contributed by atoms with Gasteiger partial charge in [0.1, 0.15) is 12.2 Å². The number of carbonyl (C=O) groups is 4. The highest BCUT2D eigenvalue weighted by atomic mass is 16.4. The van der Waals surface area contributed by atoms with E-state index in [1.807, 2.05) is 30.3 Å². The number of nitrogens with zero attached hydrogens (tertiary/aromatic N) is 4. The smallest absolute Gasteiger partial charge is 0.334 e. The third-order valence-corrected chi connectivity index (χ3v) is 6.82. The van der Waals surface area contributed by atoms with Crippen molar-refractivity contribution >= 4 is 23.8 Å². The molecule has 35 heavy (non-hydrogen) atoms. The molecule has 3 atom stereocenters. The number of piperazine rings is 1. The van der Waals surface area contributed by atoms with E-state index in [1.54, 1.807) is 17.0 Å². The van der Waals surface area contributed by atoms with E-state index >= 15 is 0 Å². The quantitative estimate of drug-likeness (QED) is 0.523. The van der Waals surface area contributed by atoms with Crippen LogP contribution in [0.25, 0.3) is 0 Å². The SMILES string of the molecule is CCCCC(CC)CN1C[C@H]2N(C(=O)CN(C)N2C(=O)NCc2ccccc2)[C@@H](CC(=O)O)C1=O. The van der Waals surface area contributed by atoms with Crippen molar-refractivity contribution in [3.8, 4) is 0 Å². The molecule has 4 amide bonds. The zero-order valence-electron chi connectivity index (χ0n) is 20.9. The molecular weight excluding hydrogens is 450 g/mol. The number of urea groups is 1. The molecule has 1 unspecified atom stereocenters. The summed E-state index contributed by atoms with van der Waals surface area (Å²) in [5.41, 5.74) is 0.930. The van der Waals surface area contributed by atoms with Gasteiger partial charge >= 0.3 is 12.0 Å². The summed E-state index contributed by atoms with van der Waals surface area (Å²) < 4.78 is 0. The molecule has 0 bridgehead atoms. The van der Waals surface area contributed by atoms with Gasteiger partial charge in [0.15, 0.2) is 0 Å². The Morgan fingerprint density at radius 1 is 1.17 bits per heavy atom. The molecule has 3 rings (SSSR count). The number of carboxylic acid groups (broad SMARTS) is 1. The van der Waals surface area contributed by atoms with Crippen LogP contribution >= 0.6 is 0 Å². The minimum absolute atomic E-state index is 0.118. The van der Waals surface area contributed by atoms with Crippen molar-refractivity contribution in [3.05, 3.63) is 35.9 Å². The number of unbranched alkanes of at least 4 members (excludes halogenated alkanes) is 1. The number of amides is 4. The average molecular weight is 488 g/mol. The second kappa shape index (κ2) is 12.0. The van der Waals surface area contributed by atoms with Crippen LogP contribution in [0.4, 0.5) is 4.79 Å². The normalized spacial score (nSPS) is 21.6. The number of carbonyl (C=O) groups excluding carboxylic acids is 3. The highest BCUT2D eigenvalue weighted by Gasteiger charge is 2.51. The fourth-order valence-corrected chi connectivity index (χ4v) is 4.92. The Labute approximate surface area is 206 Å². The first kappa shape index (κ1) is 26.5. The Balaban J connectivity index is 1.86. The first-order chi connectivity index (χ1) is 16.8. The van der Waals surface area contributed by atoms with E-state index in [-0.39, 0.29) is 30.8 Å². The molecule has 0 aliphatic carbocycles. The van der Waals surface area contributed by atoms with Gasteiger partial charge in [-0.3, -0.25) is 14.4 Å². The molecule has 10 heteroatoms. The number of hydrogen-bond acceptors (Lipinski definition) is 5. The maximum atomic E-state index is 13.4. The van der Waals surface area contributed by atoms with E-state index in [0.717, 1.165) is 31.2 Å². The third-order valence-electron chi connectivity index (χ3n) is 6.82. The van der Waals surface area contributed by atoms with Gasteiger partial charge in [0.05, 0.1) is 19.5 Å². The van der Waals surface area contributed by atoms with Crippen LogP contribution in [0.2, 0.25) is 0 Å². The van der Waals surface area contributed by atoms with Crippen LogP contribution < -0.4 is 5.32 Å². The Kier molecular flexibility index (Phi) is 9.08. The van der Waals surface area contributed by atoms with Crippen molar-refractivity contribution < 1.29 is 24.3 Å². The molecule has 2 aliphatic rings. The number of benzene rings is 1. The molecule has 0 saturated carbocycles. The molecule has 192 valence electrons. The van der Waals surface area contributed by atoms with Crippen LogP contribution in [0.1, 0.15) is 51.5 Å². The molecule has 2 heterocycles. The van der Waals surface area contributed by atoms with Crippen LogP contribution in [-0.2, 0) is 20.9 Å². The number of carboxylic acids is 1. The lowest BCUT2D eigenvalue weighted by molar-refractivity contribution is -0.189. The van der Waals surface area contributed by atoms with E-state index in [4.69, 9.17) is 0 Å². The fourth-order valence-electron chi connectivity index (χ4n) is 4.92. The van der Waals surface area contributed by atoms with E-state index in [0.29, 0.717) is 13.1 Å². The topological polar surface area (TPSA) is 114 Å². The van der Waals surface area contributed by atoms with Crippen LogP contribution in [-0.4, -0.2) is 87.6 Å². The minimum Gasteiger partial charge on any atom is -0.481 e. The number of rotatable bonds is 10. The molecule has 2 aliphatic heterocycles. The summed E-state index contributed by atoms with van der Waals surface area (Å²) in [4.78, 5) is 54.3. The van der Waals surface area contributed by atoms with Crippen molar-refractivity contribution in [2.45, 2.75) is 64.7 Å². The van der Waals surface area contributed by atoms with E-state index < -0.39 is 30.6 Å². The van der Waals surface area contributed by atoms with Gasteiger partial charge < -0.3 is 20.2 Å². The predicted molar refractivity (Wildman–Crippen MR) is 130 cm³/mol. The zero-order valence-corrected chi connectivity index (χ0v) is 20.9. The zero-order chi connectivity index (χ0) is 25.5. The Morgan fingerprint density at radius 3 is 2.51 bits per heavy atom. The molecule has 2 fully saturated rings. The number of fused-ring (bicyclic) bond motifs is 1. The maximum absolute atomic E-state index is 13.4. The van der Waals surface area contributed by atoms with Gasteiger partial charge in [-0.25, -0.2) is 14.8 Å². The molecular formula is C25H37N5O5. The van der Waals surface area contributed by atoms with E-state index in [1.165, 1.54) is 9.91 Å². The van der Waals surface area contributed by atoms with Crippen molar-refractivity contribution in [2.24, 2.45) is 5.92 Å². The van der Waals surface area contributed by atoms with Gasteiger partial charge in [-0.15, -0.1) is 0 Å². The molecule has 0 radical (unpaired) electrons. The van der Waals surface area contributed by atoms with E-state index in [2.05, 4.69) is 19.2 Å². The van der Waals surface area contributed by atoms with Crippen LogP contribution in [0, 0.1) is 5.92 Å². The summed E-state index contributed by atoms with van der Waals surface area (Å²) >= 11 is 0. The number of aliphatic carboxylic acids is 1. The lowest BCUT2D eigenvalue weighted by atomic mass is 9.96. The third kappa shape index (κ3) is 6.30. The standard InChI is InChI=1S/C25H37N5O5/c1-4-6-10-18(5-2)15-28-16-21-29(20(24(28)34)13-23(32)33)22(31)17-27(3)30(21)25(35)26-14-19-11-8-7-9-12-19/h7-9,11-12,18,20-21H,4-6,10,13-17H2,1-3H3,(H,26,35)(H,32,33)/t18?,20-,21-/m0/s1. The van der Waals surface area contributed by atoms with Gasteiger partial charge in [0, 0.05) is 20.1 Å². The van der Waals surface area contributed by atoms with Crippen LogP contribution in [0.15, 0.2) is 30.3 Å². The predicted octanol–water partition coefficient (Wildman–Crippen LogP) is 2.12. The lowest BCUT2D eigenvalue weighted by Gasteiger charge is -2.54. The average Bonchev–Trinajstić information content (AvgIpc) is 2.82. The number of likely N-dealkylation sites (N-methyl/N-ethyl adjacent to an activating group) is 1. The van der Waals surface area contributed by atoms with Crippen molar-refractivity contribution in [1.29, 1.82) is 0 Å². The highest BCUT2D eigenvalue weighted by Crippen LogP contribution is 2.28. The van der Waals surface area contributed by atoms with Gasteiger partial charge in [0.2, 0.25) is 11.8 Å². The summed E-state index contributed by atoms with van der Waals surface area (Å²) in [6, 6.07) is 7.94. The first-order valence-corrected chi connectivity index (χ1v) is 12.4. The highest BCUT2D eigenvalue weighted by molar-refractivity contribution is 5.93. The molecule has 10 nitrogen and oxygen atoms in total. The number of hydrogen-bond donors (Lipinski definition) is 2. The molecule has 0 spiro atoms. The van der Waals surface area contributed by atoms with Crippen molar-refractivity contribution in [3.63, 3.8) is 0 Å². The Hall–Kier alpha value is -3.14.